The second kappa shape index (κ2) is 11.3. The predicted molar refractivity (Wildman–Crippen MR) is 229 cm³/mol. The van der Waals surface area contributed by atoms with Gasteiger partial charge in [0.2, 0.25) is 0 Å². The highest BCUT2D eigenvalue weighted by Crippen LogP contribution is 2.47. The lowest BCUT2D eigenvalue weighted by atomic mass is 10.0. The van der Waals surface area contributed by atoms with Gasteiger partial charge < -0.3 is 13.7 Å². The summed E-state index contributed by atoms with van der Waals surface area (Å²) < 4.78 is 15.4. The number of thiophene rings is 1. The number of para-hydroxylation sites is 1. The summed E-state index contributed by atoms with van der Waals surface area (Å²) in [7, 11) is 0. The van der Waals surface area contributed by atoms with Crippen LogP contribution in [0.3, 0.4) is 0 Å². The van der Waals surface area contributed by atoms with E-state index in [9.17, 15) is 0 Å². The number of anilines is 3. The number of fused-ring (bicyclic) bond motifs is 13. The molecular formula is C50H29NO2S. The van der Waals surface area contributed by atoms with Crippen molar-refractivity contribution in [3.8, 4) is 11.1 Å². The maximum atomic E-state index is 6.63. The normalized spacial score (nSPS) is 12.1. The number of benzene rings is 9. The van der Waals surface area contributed by atoms with E-state index in [2.05, 4.69) is 169 Å². The van der Waals surface area contributed by atoms with Gasteiger partial charge in [-0.1, -0.05) is 97.1 Å². The standard InChI is InChI=1S/C50H29NO2S/c1-2-9-33-27-34(14-13-30(33)7-1)31-15-18-35(19-16-31)51(36-20-23-44-41(28-36)39-11-5-6-12-43(39)52-44)37-21-25-46-42(29-37)49-47(54-46)26-24-45-48(49)40-22-17-32-8-3-4-10-38(32)50(40)53-45/h1-29H. The SMILES string of the molecule is c1ccc2cc(-c3ccc(N(c4ccc5oc6ccccc6c5c4)c4ccc5sc6ccc7oc8c9ccccc9ccc8c7c6c5c4)cc3)ccc2c1. The lowest BCUT2D eigenvalue weighted by molar-refractivity contribution is 0.669. The third-order valence-corrected chi connectivity index (χ3v) is 12.2. The van der Waals surface area contributed by atoms with Crippen molar-refractivity contribution in [3.63, 3.8) is 0 Å². The van der Waals surface area contributed by atoms with Crippen molar-refractivity contribution in [2.75, 3.05) is 4.90 Å². The Morgan fingerprint density at radius 1 is 0.352 bits per heavy atom. The molecule has 0 radical (unpaired) electrons. The third kappa shape index (κ3) is 4.41. The van der Waals surface area contributed by atoms with Gasteiger partial charge in [0.1, 0.15) is 22.3 Å². The molecule has 0 bridgehead atoms. The Hall–Kier alpha value is -6.88. The van der Waals surface area contributed by atoms with E-state index < -0.39 is 0 Å². The molecule has 3 heterocycles. The summed E-state index contributed by atoms with van der Waals surface area (Å²) >= 11 is 1.84. The summed E-state index contributed by atoms with van der Waals surface area (Å²) in [4.78, 5) is 2.37. The maximum absolute atomic E-state index is 6.63. The van der Waals surface area contributed by atoms with Crippen molar-refractivity contribution in [1.29, 1.82) is 0 Å². The first-order valence-corrected chi connectivity index (χ1v) is 19.1. The third-order valence-electron chi connectivity index (χ3n) is 11.0. The fraction of sp³-hybridized carbons (Fsp3) is 0. The molecule has 0 aliphatic rings. The minimum atomic E-state index is 0.882. The summed E-state index contributed by atoms with van der Waals surface area (Å²) in [6, 6.07) is 63.2. The number of hydrogen-bond acceptors (Lipinski definition) is 4. The maximum Gasteiger partial charge on any atom is 0.143 e. The Balaban J connectivity index is 1.07. The van der Waals surface area contributed by atoms with E-state index in [1.165, 1.54) is 52.8 Å². The molecule has 0 N–H and O–H groups in total. The van der Waals surface area contributed by atoms with E-state index in [4.69, 9.17) is 8.83 Å². The molecule has 54 heavy (non-hydrogen) atoms. The molecule has 3 aromatic heterocycles. The molecule has 0 fully saturated rings. The van der Waals surface area contributed by atoms with Crippen LogP contribution in [0.25, 0.3) is 96.7 Å². The average Bonchev–Trinajstić information content (AvgIpc) is 3.92. The first kappa shape index (κ1) is 29.7. The van der Waals surface area contributed by atoms with Crippen molar-refractivity contribution in [2.24, 2.45) is 0 Å². The van der Waals surface area contributed by atoms with Gasteiger partial charge in [0, 0.05) is 64.2 Å². The van der Waals surface area contributed by atoms with Gasteiger partial charge in [-0.15, -0.1) is 11.3 Å². The largest absolute Gasteiger partial charge is 0.456 e. The number of rotatable bonds is 4. The van der Waals surface area contributed by atoms with Crippen LogP contribution in [0.5, 0.6) is 0 Å². The molecular weight excluding hydrogens is 679 g/mol. The Bertz CT molecular complexity index is 3460. The van der Waals surface area contributed by atoms with Crippen molar-refractivity contribution in [3.05, 3.63) is 176 Å². The Kier molecular flexibility index (Phi) is 6.21. The summed E-state index contributed by atoms with van der Waals surface area (Å²) in [5.41, 5.74) is 9.25. The van der Waals surface area contributed by atoms with E-state index in [1.54, 1.807) is 0 Å². The van der Waals surface area contributed by atoms with Crippen LogP contribution in [0, 0.1) is 0 Å². The Morgan fingerprint density at radius 3 is 1.89 bits per heavy atom. The van der Waals surface area contributed by atoms with Crippen LogP contribution >= 0.6 is 11.3 Å². The molecule has 0 spiro atoms. The van der Waals surface area contributed by atoms with E-state index in [1.807, 2.05) is 23.5 Å². The molecule has 3 nitrogen and oxygen atoms in total. The molecule has 9 aromatic carbocycles. The molecule has 0 amide bonds. The zero-order valence-electron chi connectivity index (χ0n) is 28.9. The van der Waals surface area contributed by atoms with Crippen LogP contribution in [-0.4, -0.2) is 0 Å². The average molecular weight is 708 g/mol. The van der Waals surface area contributed by atoms with Crippen molar-refractivity contribution >= 4 is 114 Å². The lowest BCUT2D eigenvalue weighted by Gasteiger charge is -2.26. The molecule has 0 unspecified atom stereocenters. The monoisotopic (exact) mass is 707 g/mol. The highest BCUT2D eigenvalue weighted by atomic mass is 32.1. The Labute approximate surface area is 313 Å². The molecule has 0 saturated carbocycles. The van der Waals surface area contributed by atoms with Crippen LogP contribution in [0.15, 0.2) is 185 Å². The van der Waals surface area contributed by atoms with Crippen LogP contribution in [0.1, 0.15) is 0 Å². The minimum Gasteiger partial charge on any atom is -0.456 e. The van der Waals surface area contributed by atoms with Crippen LogP contribution in [-0.2, 0) is 0 Å². The molecule has 0 atom stereocenters. The Morgan fingerprint density at radius 2 is 1.00 bits per heavy atom. The minimum absolute atomic E-state index is 0.882. The zero-order valence-corrected chi connectivity index (χ0v) is 29.7. The molecule has 4 heteroatoms. The van der Waals surface area contributed by atoms with E-state index in [-0.39, 0.29) is 0 Å². The topological polar surface area (TPSA) is 29.5 Å². The van der Waals surface area contributed by atoms with Crippen LogP contribution in [0.2, 0.25) is 0 Å². The zero-order chi connectivity index (χ0) is 35.3. The number of furan rings is 2. The second-order valence-electron chi connectivity index (χ2n) is 14.1. The van der Waals surface area contributed by atoms with Gasteiger partial charge in [-0.2, -0.15) is 0 Å². The van der Waals surface area contributed by atoms with Crippen molar-refractivity contribution in [1.82, 2.24) is 0 Å². The van der Waals surface area contributed by atoms with Crippen molar-refractivity contribution in [2.45, 2.75) is 0 Å². The van der Waals surface area contributed by atoms with Crippen LogP contribution < -0.4 is 4.90 Å². The van der Waals surface area contributed by atoms with Gasteiger partial charge in [0.05, 0.1) is 0 Å². The summed E-state index contributed by atoms with van der Waals surface area (Å²) in [5.74, 6) is 0. The van der Waals surface area contributed by atoms with Gasteiger partial charge in [-0.05, 0) is 106 Å². The predicted octanol–water partition coefficient (Wildman–Crippen LogP) is 15.3. The summed E-state index contributed by atoms with van der Waals surface area (Å²) in [6.45, 7) is 0. The highest BCUT2D eigenvalue weighted by Gasteiger charge is 2.20. The number of hydrogen-bond donors (Lipinski definition) is 0. The van der Waals surface area contributed by atoms with Gasteiger partial charge >= 0.3 is 0 Å². The van der Waals surface area contributed by atoms with E-state index >= 15 is 0 Å². The molecule has 0 saturated heterocycles. The lowest BCUT2D eigenvalue weighted by Crippen LogP contribution is -2.09. The van der Waals surface area contributed by atoms with Gasteiger partial charge in [-0.25, -0.2) is 0 Å². The molecule has 12 rings (SSSR count). The van der Waals surface area contributed by atoms with Gasteiger partial charge in [-0.3, -0.25) is 0 Å². The summed E-state index contributed by atoms with van der Waals surface area (Å²) in [5, 5.41) is 11.8. The highest BCUT2D eigenvalue weighted by molar-refractivity contribution is 7.26. The van der Waals surface area contributed by atoms with E-state index in [0.717, 1.165) is 60.9 Å². The first-order chi connectivity index (χ1) is 26.7. The van der Waals surface area contributed by atoms with Gasteiger partial charge in [0.25, 0.3) is 0 Å². The molecule has 0 aliphatic heterocycles. The summed E-state index contributed by atoms with van der Waals surface area (Å²) in [6.07, 6.45) is 0. The molecule has 252 valence electrons. The molecule has 12 aromatic rings. The fourth-order valence-electron chi connectivity index (χ4n) is 8.46. The number of nitrogens with zero attached hydrogens (tertiary/aromatic N) is 1. The first-order valence-electron chi connectivity index (χ1n) is 18.2. The van der Waals surface area contributed by atoms with Gasteiger partial charge in [0.15, 0.2) is 0 Å². The van der Waals surface area contributed by atoms with Crippen LogP contribution in [0.4, 0.5) is 17.1 Å². The molecule has 0 aliphatic carbocycles. The quantitative estimate of drug-likeness (QED) is 0.182. The van der Waals surface area contributed by atoms with Crippen molar-refractivity contribution < 1.29 is 8.83 Å². The fourth-order valence-corrected chi connectivity index (χ4v) is 9.56. The van der Waals surface area contributed by atoms with E-state index in [0.29, 0.717) is 0 Å². The second-order valence-corrected chi connectivity index (χ2v) is 15.2. The smallest absolute Gasteiger partial charge is 0.143 e.